The summed E-state index contributed by atoms with van der Waals surface area (Å²) in [5.41, 5.74) is 2.19. The van der Waals surface area contributed by atoms with Crippen molar-refractivity contribution >= 4 is 23.5 Å². The summed E-state index contributed by atoms with van der Waals surface area (Å²) in [7, 11) is 1.71. The highest BCUT2D eigenvalue weighted by Crippen LogP contribution is 2.15. The van der Waals surface area contributed by atoms with Gasteiger partial charge in [-0.2, -0.15) is 0 Å². The summed E-state index contributed by atoms with van der Waals surface area (Å²) in [6, 6.07) is 19.6. The van der Waals surface area contributed by atoms with Crippen molar-refractivity contribution in [3.05, 3.63) is 66.2 Å². The Morgan fingerprint density at radius 3 is 2.16 bits per heavy atom. The van der Waals surface area contributed by atoms with Crippen LogP contribution in [0.1, 0.15) is 12.0 Å². The van der Waals surface area contributed by atoms with Crippen LogP contribution in [0.25, 0.3) is 0 Å². The van der Waals surface area contributed by atoms with Gasteiger partial charge in [0, 0.05) is 58.4 Å². The van der Waals surface area contributed by atoms with Crippen molar-refractivity contribution < 1.29 is 14.4 Å². The lowest BCUT2D eigenvalue weighted by atomic mass is 10.2. The van der Waals surface area contributed by atoms with E-state index in [4.69, 9.17) is 0 Å². The molecule has 0 aliphatic carbocycles. The standard InChI is InChI=1S/C24H31N5O3/c1-27(19-20-8-4-2-5-9-20)24(32)25-13-12-22(30)26-18-23(31)29-16-14-28(15-17-29)21-10-6-3-7-11-21/h2-11H,12-19H2,1H3,(H,25,32)(H,26,30). The molecule has 0 radical (unpaired) electrons. The fourth-order valence-electron chi connectivity index (χ4n) is 3.57. The van der Waals surface area contributed by atoms with E-state index in [-0.39, 0.29) is 37.4 Å². The number of para-hydroxylation sites is 1. The Morgan fingerprint density at radius 1 is 0.875 bits per heavy atom. The number of carbonyl (C=O) groups excluding carboxylic acids is 3. The topological polar surface area (TPSA) is 85.0 Å². The van der Waals surface area contributed by atoms with Crippen molar-refractivity contribution in [2.75, 3.05) is 51.2 Å². The van der Waals surface area contributed by atoms with Crippen LogP contribution in [0.5, 0.6) is 0 Å². The minimum atomic E-state index is -0.257. The Hall–Kier alpha value is -3.55. The van der Waals surface area contributed by atoms with E-state index in [0.29, 0.717) is 19.6 Å². The minimum absolute atomic E-state index is 0.0218. The molecule has 0 aromatic heterocycles. The summed E-state index contributed by atoms with van der Waals surface area (Å²) >= 11 is 0. The lowest BCUT2D eigenvalue weighted by molar-refractivity contribution is -0.133. The quantitative estimate of drug-likeness (QED) is 0.658. The molecule has 1 fully saturated rings. The van der Waals surface area contributed by atoms with Crippen molar-refractivity contribution in [2.45, 2.75) is 13.0 Å². The summed E-state index contributed by atoms with van der Waals surface area (Å²) in [5.74, 6) is -0.343. The van der Waals surface area contributed by atoms with Crippen molar-refractivity contribution in [3.8, 4) is 0 Å². The van der Waals surface area contributed by atoms with Crippen LogP contribution in [0.2, 0.25) is 0 Å². The Labute approximate surface area is 189 Å². The van der Waals surface area contributed by atoms with Crippen LogP contribution in [0.3, 0.4) is 0 Å². The van der Waals surface area contributed by atoms with Crippen LogP contribution in [0.15, 0.2) is 60.7 Å². The molecule has 1 aliphatic heterocycles. The zero-order valence-corrected chi connectivity index (χ0v) is 18.5. The Kier molecular flexibility index (Phi) is 8.48. The summed E-state index contributed by atoms with van der Waals surface area (Å²) in [6.45, 7) is 3.49. The number of hydrogen-bond donors (Lipinski definition) is 2. The maximum absolute atomic E-state index is 12.4. The van der Waals surface area contributed by atoms with E-state index in [1.165, 1.54) is 0 Å². The molecule has 0 bridgehead atoms. The zero-order valence-electron chi connectivity index (χ0n) is 18.5. The molecule has 8 nitrogen and oxygen atoms in total. The fraction of sp³-hybridized carbons (Fsp3) is 0.375. The van der Waals surface area contributed by atoms with Crippen LogP contribution in [-0.2, 0) is 16.1 Å². The zero-order chi connectivity index (χ0) is 22.8. The Bertz CT molecular complexity index is 883. The number of benzene rings is 2. The first-order valence-corrected chi connectivity index (χ1v) is 10.9. The van der Waals surface area contributed by atoms with E-state index in [0.717, 1.165) is 24.3 Å². The largest absolute Gasteiger partial charge is 0.368 e. The highest BCUT2D eigenvalue weighted by atomic mass is 16.2. The van der Waals surface area contributed by atoms with Crippen LogP contribution < -0.4 is 15.5 Å². The van der Waals surface area contributed by atoms with E-state index in [1.807, 2.05) is 48.5 Å². The second-order valence-electron chi connectivity index (χ2n) is 7.80. The molecule has 0 saturated carbocycles. The molecule has 1 heterocycles. The molecule has 1 aliphatic rings. The van der Waals surface area contributed by atoms with Gasteiger partial charge in [-0.15, -0.1) is 0 Å². The maximum Gasteiger partial charge on any atom is 0.317 e. The summed E-state index contributed by atoms with van der Waals surface area (Å²) in [6.07, 6.45) is 0.125. The fourth-order valence-corrected chi connectivity index (χ4v) is 3.57. The number of carbonyl (C=O) groups is 3. The predicted octanol–water partition coefficient (Wildman–Crippen LogP) is 1.68. The van der Waals surface area contributed by atoms with E-state index in [9.17, 15) is 14.4 Å². The maximum atomic E-state index is 12.4. The second-order valence-corrected chi connectivity index (χ2v) is 7.80. The van der Waals surface area contributed by atoms with E-state index < -0.39 is 0 Å². The molecule has 2 aromatic rings. The van der Waals surface area contributed by atoms with Crippen molar-refractivity contribution in [1.29, 1.82) is 0 Å². The average Bonchev–Trinajstić information content (AvgIpc) is 2.83. The second kappa shape index (κ2) is 11.7. The molecule has 1 saturated heterocycles. The number of nitrogens with one attached hydrogen (secondary N) is 2. The summed E-state index contributed by atoms with van der Waals surface area (Å²) in [5, 5.41) is 5.39. The normalized spacial score (nSPS) is 13.4. The lowest BCUT2D eigenvalue weighted by Gasteiger charge is -2.36. The highest BCUT2D eigenvalue weighted by molar-refractivity contribution is 5.85. The van der Waals surface area contributed by atoms with Crippen LogP contribution in [-0.4, -0.2) is 74.0 Å². The summed E-state index contributed by atoms with van der Waals surface area (Å²) < 4.78 is 0. The van der Waals surface area contributed by atoms with Gasteiger partial charge in [0.1, 0.15) is 0 Å². The number of piperazine rings is 1. The third-order valence-electron chi connectivity index (χ3n) is 5.43. The summed E-state index contributed by atoms with van der Waals surface area (Å²) in [4.78, 5) is 42.2. The Balaban J connectivity index is 1.29. The van der Waals surface area contributed by atoms with Crippen LogP contribution in [0, 0.1) is 0 Å². The first kappa shape index (κ1) is 23.1. The molecule has 170 valence electrons. The number of amides is 4. The highest BCUT2D eigenvalue weighted by Gasteiger charge is 2.21. The molecule has 2 aromatic carbocycles. The molecule has 0 spiro atoms. The van der Waals surface area contributed by atoms with Crippen LogP contribution >= 0.6 is 0 Å². The van der Waals surface area contributed by atoms with Gasteiger partial charge in [0.15, 0.2) is 0 Å². The third-order valence-corrected chi connectivity index (χ3v) is 5.43. The lowest BCUT2D eigenvalue weighted by Crippen LogP contribution is -2.51. The molecule has 32 heavy (non-hydrogen) atoms. The van der Waals surface area contributed by atoms with Gasteiger partial charge < -0.3 is 25.3 Å². The van der Waals surface area contributed by atoms with Gasteiger partial charge in [0.25, 0.3) is 0 Å². The van der Waals surface area contributed by atoms with Gasteiger partial charge in [0.05, 0.1) is 6.54 Å². The van der Waals surface area contributed by atoms with E-state index in [1.54, 1.807) is 16.8 Å². The Morgan fingerprint density at radius 2 is 1.50 bits per heavy atom. The molecule has 3 rings (SSSR count). The van der Waals surface area contributed by atoms with E-state index >= 15 is 0 Å². The predicted molar refractivity (Wildman–Crippen MR) is 124 cm³/mol. The molecule has 8 heteroatoms. The molecule has 2 N–H and O–H groups in total. The van der Waals surface area contributed by atoms with Gasteiger partial charge in [-0.25, -0.2) is 4.79 Å². The average molecular weight is 438 g/mol. The van der Waals surface area contributed by atoms with Gasteiger partial charge >= 0.3 is 6.03 Å². The SMILES string of the molecule is CN(Cc1ccccc1)C(=O)NCCC(=O)NCC(=O)N1CCN(c2ccccc2)CC1. The third kappa shape index (κ3) is 7.01. The van der Waals surface area contributed by atoms with Crippen molar-refractivity contribution in [2.24, 2.45) is 0 Å². The molecule has 0 unspecified atom stereocenters. The molecule has 4 amide bonds. The van der Waals surface area contributed by atoms with Crippen LogP contribution in [0.4, 0.5) is 10.5 Å². The molecule has 0 atom stereocenters. The van der Waals surface area contributed by atoms with Gasteiger partial charge in [-0.05, 0) is 17.7 Å². The minimum Gasteiger partial charge on any atom is -0.368 e. The van der Waals surface area contributed by atoms with Crippen molar-refractivity contribution in [3.63, 3.8) is 0 Å². The van der Waals surface area contributed by atoms with Gasteiger partial charge in [-0.3, -0.25) is 9.59 Å². The smallest absolute Gasteiger partial charge is 0.317 e. The first-order chi connectivity index (χ1) is 15.5. The molecular weight excluding hydrogens is 406 g/mol. The number of urea groups is 1. The number of nitrogens with zero attached hydrogens (tertiary/aromatic N) is 3. The number of hydrogen-bond acceptors (Lipinski definition) is 4. The van der Waals surface area contributed by atoms with Crippen molar-refractivity contribution in [1.82, 2.24) is 20.4 Å². The number of rotatable bonds is 8. The first-order valence-electron chi connectivity index (χ1n) is 10.9. The van der Waals surface area contributed by atoms with Gasteiger partial charge in [-0.1, -0.05) is 48.5 Å². The van der Waals surface area contributed by atoms with E-state index in [2.05, 4.69) is 27.7 Å². The van der Waals surface area contributed by atoms with Gasteiger partial charge in [0.2, 0.25) is 11.8 Å². The monoisotopic (exact) mass is 437 g/mol. The number of anilines is 1. The molecular formula is C24H31N5O3.